The number of nitrogens with two attached hydrogens (primary N) is 1. The van der Waals surface area contributed by atoms with Crippen molar-refractivity contribution in [1.82, 2.24) is 9.78 Å². The molecule has 0 aliphatic carbocycles. The van der Waals surface area contributed by atoms with E-state index in [0.29, 0.717) is 6.42 Å². The molecular weight excluding hydrogens is 266 g/mol. The third kappa shape index (κ3) is 2.83. The number of rotatable bonds is 5. The molecule has 0 aliphatic rings. The highest BCUT2D eigenvalue weighted by Gasteiger charge is 2.40. The quantitative estimate of drug-likeness (QED) is 0.874. The predicted molar refractivity (Wildman–Crippen MR) is 81.2 cm³/mol. The Balaban J connectivity index is 2.49. The Bertz CT molecular complexity index is 646. The molecule has 112 valence electrons. The minimum absolute atomic E-state index is 0.0373. The number of hydrogen-bond donors (Lipinski definition) is 2. The van der Waals surface area contributed by atoms with Crippen LogP contribution in [-0.2, 0) is 23.7 Å². The van der Waals surface area contributed by atoms with E-state index < -0.39 is 11.4 Å². The molecule has 0 saturated heterocycles. The normalized spacial score (nSPS) is 13.9. The topological polar surface area (TPSA) is 81.1 Å². The molecule has 0 saturated carbocycles. The van der Waals surface area contributed by atoms with Gasteiger partial charge >= 0.3 is 5.97 Å². The minimum atomic E-state index is -1.13. The zero-order valence-corrected chi connectivity index (χ0v) is 12.6. The van der Waals surface area contributed by atoms with E-state index in [1.165, 1.54) is 0 Å². The van der Waals surface area contributed by atoms with E-state index in [4.69, 9.17) is 5.73 Å². The van der Waals surface area contributed by atoms with Crippen molar-refractivity contribution in [3.63, 3.8) is 0 Å². The molecule has 1 atom stereocenters. The van der Waals surface area contributed by atoms with Crippen LogP contribution in [0.15, 0.2) is 30.3 Å². The largest absolute Gasteiger partial charge is 0.481 e. The maximum atomic E-state index is 12.0. The summed E-state index contributed by atoms with van der Waals surface area (Å²) < 4.78 is 1.72. The Morgan fingerprint density at radius 3 is 2.38 bits per heavy atom. The highest BCUT2D eigenvalue weighted by Crippen LogP contribution is 2.29. The fourth-order valence-corrected chi connectivity index (χ4v) is 2.59. The molecular formula is C16H21N3O2. The van der Waals surface area contributed by atoms with Crippen LogP contribution in [0.2, 0.25) is 0 Å². The van der Waals surface area contributed by atoms with Crippen molar-refractivity contribution >= 4 is 5.97 Å². The van der Waals surface area contributed by atoms with Gasteiger partial charge in [0.2, 0.25) is 0 Å². The van der Waals surface area contributed by atoms with Crippen LogP contribution in [0.5, 0.6) is 0 Å². The third-order valence-electron chi connectivity index (χ3n) is 3.94. The number of carboxylic acids is 1. The number of carbonyl (C=O) groups is 1. The summed E-state index contributed by atoms with van der Waals surface area (Å²) in [5.74, 6) is -0.910. The van der Waals surface area contributed by atoms with Gasteiger partial charge in [-0.1, -0.05) is 29.8 Å². The summed E-state index contributed by atoms with van der Waals surface area (Å²) in [6.07, 6.45) is 0.319. The highest BCUT2D eigenvalue weighted by molar-refractivity contribution is 5.82. The Hall–Kier alpha value is -2.14. The Kier molecular flexibility index (Phi) is 4.14. The molecule has 0 fully saturated rings. The van der Waals surface area contributed by atoms with Crippen molar-refractivity contribution in [2.24, 2.45) is 12.8 Å². The van der Waals surface area contributed by atoms with E-state index in [2.05, 4.69) is 5.10 Å². The molecule has 1 unspecified atom stereocenters. The number of benzene rings is 1. The van der Waals surface area contributed by atoms with Gasteiger partial charge in [-0.15, -0.1) is 0 Å². The fourth-order valence-electron chi connectivity index (χ4n) is 2.59. The van der Waals surface area contributed by atoms with Crippen molar-refractivity contribution in [3.8, 4) is 0 Å². The third-order valence-corrected chi connectivity index (χ3v) is 3.94. The van der Waals surface area contributed by atoms with Crippen molar-refractivity contribution in [3.05, 3.63) is 52.8 Å². The minimum Gasteiger partial charge on any atom is -0.481 e. The molecule has 3 N–H and O–H groups in total. The van der Waals surface area contributed by atoms with Gasteiger partial charge < -0.3 is 10.8 Å². The molecule has 0 amide bonds. The average Bonchev–Trinajstić information content (AvgIpc) is 2.74. The number of aliphatic carboxylic acids is 1. The maximum Gasteiger partial charge on any atom is 0.315 e. The van der Waals surface area contributed by atoms with Crippen LogP contribution in [0.25, 0.3) is 0 Å². The van der Waals surface area contributed by atoms with Crippen molar-refractivity contribution in [2.75, 3.05) is 6.54 Å². The monoisotopic (exact) mass is 287 g/mol. The zero-order valence-electron chi connectivity index (χ0n) is 12.6. The van der Waals surface area contributed by atoms with Crippen LogP contribution in [0.4, 0.5) is 0 Å². The van der Waals surface area contributed by atoms with Crippen LogP contribution in [0.3, 0.4) is 0 Å². The summed E-state index contributed by atoms with van der Waals surface area (Å²) in [4.78, 5) is 12.0. The predicted octanol–water partition coefficient (Wildman–Crippen LogP) is 1.56. The zero-order chi connectivity index (χ0) is 15.6. The second-order valence-electron chi connectivity index (χ2n) is 5.53. The fraction of sp³-hybridized carbons (Fsp3) is 0.375. The van der Waals surface area contributed by atoms with Gasteiger partial charge in [-0.2, -0.15) is 5.10 Å². The van der Waals surface area contributed by atoms with E-state index in [1.807, 2.05) is 51.2 Å². The second kappa shape index (κ2) is 5.69. The molecule has 2 rings (SSSR count). The lowest BCUT2D eigenvalue weighted by Gasteiger charge is -2.28. The van der Waals surface area contributed by atoms with Crippen LogP contribution in [-0.4, -0.2) is 27.4 Å². The number of hydrogen-bond acceptors (Lipinski definition) is 3. The standard InChI is InChI=1S/C16H21N3O2/c1-11-4-6-13(7-5-11)16(10-17,15(20)21)9-14-8-12(2)18-19(14)3/h4-8H,9-10,17H2,1-3H3,(H,20,21). The molecule has 1 aromatic carbocycles. The Morgan fingerprint density at radius 1 is 1.33 bits per heavy atom. The lowest BCUT2D eigenvalue weighted by Crippen LogP contribution is -2.45. The van der Waals surface area contributed by atoms with Gasteiger partial charge in [-0.05, 0) is 25.5 Å². The van der Waals surface area contributed by atoms with Gasteiger partial charge in [0.15, 0.2) is 0 Å². The van der Waals surface area contributed by atoms with Gasteiger partial charge in [0.25, 0.3) is 0 Å². The van der Waals surface area contributed by atoms with Crippen molar-refractivity contribution in [2.45, 2.75) is 25.7 Å². The molecule has 5 heteroatoms. The number of aromatic nitrogens is 2. The summed E-state index contributed by atoms with van der Waals surface area (Å²) in [5, 5.41) is 14.1. The van der Waals surface area contributed by atoms with Gasteiger partial charge in [0.05, 0.1) is 5.69 Å². The molecule has 21 heavy (non-hydrogen) atoms. The van der Waals surface area contributed by atoms with E-state index in [-0.39, 0.29) is 6.54 Å². The number of carboxylic acid groups (broad SMARTS) is 1. The molecule has 5 nitrogen and oxygen atoms in total. The Morgan fingerprint density at radius 2 is 1.95 bits per heavy atom. The average molecular weight is 287 g/mol. The van der Waals surface area contributed by atoms with Crippen LogP contribution in [0, 0.1) is 13.8 Å². The van der Waals surface area contributed by atoms with Crippen LogP contribution in [0.1, 0.15) is 22.5 Å². The van der Waals surface area contributed by atoms with Gasteiger partial charge in [-0.25, -0.2) is 0 Å². The first-order valence-corrected chi connectivity index (χ1v) is 6.89. The molecule has 0 bridgehead atoms. The number of nitrogens with zero attached hydrogens (tertiary/aromatic N) is 2. The van der Waals surface area contributed by atoms with Gasteiger partial charge in [-0.3, -0.25) is 9.48 Å². The lowest BCUT2D eigenvalue weighted by atomic mass is 9.76. The smallest absolute Gasteiger partial charge is 0.315 e. The van der Waals surface area contributed by atoms with E-state index in [9.17, 15) is 9.90 Å². The summed E-state index contributed by atoms with van der Waals surface area (Å²) in [6.45, 7) is 3.90. The molecule has 0 aliphatic heterocycles. The van der Waals surface area contributed by atoms with Crippen LogP contribution < -0.4 is 5.73 Å². The molecule has 1 aromatic heterocycles. The highest BCUT2D eigenvalue weighted by atomic mass is 16.4. The van der Waals surface area contributed by atoms with Gasteiger partial charge in [0.1, 0.15) is 5.41 Å². The van der Waals surface area contributed by atoms with E-state index >= 15 is 0 Å². The summed E-state index contributed by atoms with van der Waals surface area (Å²) in [7, 11) is 1.82. The van der Waals surface area contributed by atoms with Crippen LogP contribution >= 0.6 is 0 Å². The molecule has 0 spiro atoms. The second-order valence-corrected chi connectivity index (χ2v) is 5.53. The first kappa shape index (κ1) is 15.3. The SMILES string of the molecule is Cc1ccc(C(CN)(Cc2cc(C)nn2C)C(=O)O)cc1. The Labute approximate surface area is 124 Å². The van der Waals surface area contributed by atoms with Crippen molar-refractivity contribution < 1.29 is 9.90 Å². The molecule has 0 radical (unpaired) electrons. The first-order valence-electron chi connectivity index (χ1n) is 6.89. The maximum absolute atomic E-state index is 12.0. The number of aryl methyl sites for hydroxylation is 3. The summed E-state index contributed by atoms with van der Waals surface area (Å²) in [6, 6.07) is 9.43. The molecule has 2 aromatic rings. The van der Waals surface area contributed by atoms with Crippen molar-refractivity contribution in [1.29, 1.82) is 0 Å². The first-order chi connectivity index (χ1) is 9.89. The van der Waals surface area contributed by atoms with E-state index in [0.717, 1.165) is 22.5 Å². The summed E-state index contributed by atoms with van der Waals surface area (Å²) >= 11 is 0. The van der Waals surface area contributed by atoms with E-state index in [1.54, 1.807) is 4.68 Å². The lowest BCUT2D eigenvalue weighted by molar-refractivity contribution is -0.143. The van der Waals surface area contributed by atoms with Gasteiger partial charge in [0, 0.05) is 25.7 Å². The summed E-state index contributed by atoms with van der Waals surface area (Å²) in [5.41, 5.74) is 8.29. The molecule has 1 heterocycles.